The topological polar surface area (TPSA) is 44.1 Å². The largest absolute Gasteiger partial charge is 0.464 e. The van der Waals surface area contributed by atoms with Gasteiger partial charge in [0.05, 0.1) is 12.6 Å². The first-order chi connectivity index (χ1) is 7.13. The Labute approximate surface area is 96.4 Å². The molecule has 78 valence electrons. The van der Waals surface area contributed by atoms with Gasteiger partial charge in [-0.25, -0.2) is 9.78 Å². The fourth-order valence-electron chi connectivity index (χ4n) is 1.36. The van der Waals surface area contributed by atoms with Crippen LogP contribution in [0, 0.1) is 0 Å². The molecule has 0 saturated heterocycles. The zero-order chi connectivity index (χ0) is 11.0. The zero-order valence-corrected chi connectivity index (χ0v) is 9.42. The van der Waals surface area contributed by atoms with Gasteiger partial charge in [-0.2, -0.15) is 0 Å². The van der Waals surface area contributed by atoms with Crippen LogP contribution in [0.5, 0.6) is 0 Å². The van der Waals surface area contributed by atoms with E-state index in [9.17, 15) is 4.79 Å². The van der Waals surface area contributed by atoms with Gasteiger partial charge in [0, 0.05) is 11.6 Å². The Hall–Kier alpha value is -1.20. The highest BCUT2D eigenvalue weighted by molar-refractivity contribution is 7.78. The van der Waals surface area contributed by atoms with Gasteiger partial charge in [-0.15, -0.1) is 0 Å². The first-order valence-electron chi connectivity index (χ1n) is 4.08. The number of methoxy groups -OCH3 is 1. The molecule has 0 aliphatic rings. The van der Waals surface area contributed by atoms with Crippen LogP contribution >= 0.6 is 24.4 Å². The minimum atomic E-state index is -0.531. The van der Waals surface area contributed by atoms with E-state index in [1.54, 1.807) is 18.3 Å². The number of esters is 1. The number of fused-ring (bicyclic) bond motifs is 1. The summed E-state index contributed by atoms with van der Waals surface area (Å²) in [5, 5.41) is 1.05. The summed E-state index contributed by atoms with van der Waals surface area (Å²) in [5.74, 6) is -0.531. The van der Waals surface area contributed by atoms with Gasteiger partial charge in [-0.05, 0) is 12.1 Å². The molecule has 15 heavy (non-hydrogen) atoms. The SMILES string of the molecule is COC(=O)c1nc(Cl)cc2ccn(S)c12. The second-order valence-corrected chi connectivity index (χ2v) is 3.70. The number of carbonyl (C=O) groups excluding carboxylic acids is 1. The lowest BCUT2D eigenvalue weighted by Gasteiger charge is -2.03. The van der Waals surface area contributed by atoms with E-state index < -0.39 is 5.97 Å². The number of nitrogens with zero attached hydrogens (tertiary/aromatic N) is 2. The molecule has 0 fully saturated rings. The van der Waals surface area contributed by atoms with Crippen LogP contribution in [0.15, 0.2) is 18.3 Å². The van der Waals surface area contributed by atoms with E-state index >= 15 is 0 Å². The summed E-state index contributed by atoms with van der Waals surface area (Å²) in [6.45, 7) is 0. The average Bonchev–Trinajstić information content (AvgIpc) is 2.58. The normalized spacial score (nSPS) is 10.6. The van der Waals surface area contributed by atoms with Gasteiger partial charge in [0.1, 0.15) is 5.15 Å². The minimum Gasteiger partial charge on any atom is -0.464 e. The van der Waals surface area contributed by atoms with Crippen LogP contribution < -0.4 is 0 Å². The van der Waals surface area contributed by atoms with Crippen LogP contribution in [0.3, 0.4) is 0 Å². The summed E-state index contributed by atoms with van der Waals surface area (Å²) in [6, 6.07) is 3.46. The molecular weight excluding hydrogens is 236 g/mol. The molecular formula is C9H7ClN2O2S. The van der Waals surface area contributed by atoms with Crippen LogP contribution in [0.1, 0.15) is 10.5 Å². The third-order valence-corrected chi connectivity index (χ3v) is 2.52. The van der Waals surface area contributed by atoms with E-state index in [-0.39, 0.29) is 10.8 Å². The Balaban J connectivity index is 2.80. The summed E-state index contributed by atoms with van der Waals surface area (Å²) in [4.78, 5) is 15.4. The quantitative estimate of drug-likeness (QED) is 0.474. The van der Waals surface area contributed by atoms with Crippen LogP contribution in [0.25, 0.3) is 10.9 Å². The smallest absolute Gasteiger partial charge is 0.358 e. The molecule has 0 aliphatic carbocycles. The van der Waals surface area contributed by atoms with Crippen LogP contribution in [-0.4, -0.2) is 22.0 Å². The highest BCUT2D eigenvalue weighted by atomic mass is 35.5. The summed E-state index contributed by atoms with van der Waals surface area (Å²) in [7, 11) is 1.29. The maximum Gasteiger partial charge on any atom is 0.358 e. The fourth-order valence-corrected chi connectivity index (χ4v) is 1.84. The Morgan fingerprint density at radius 2 is 2.40 bits per heavy atom. The van der Waals surface area contributed by atoms with E-state index in [0.717, 1.165) is 5.39 Å². The Morgan fingerprint density at radius 1 is 1.67 bits per heavy atom. The molecule has 2 aromatic heterocycles. The minimum absolute atomic E-state index is 0.167. The Bertz CT molecular complexity index is 538. The summed E-state index contributed by atoms with van der Waals surface area (Å²) < 4.78 is 6.12. The molecule has 0 aromatic carbocycles. The number of ether oxygens (including phenoxy) is 1. The van der Waals surface area contributed by atoms with Crippen molar-refractivity contribution in [3.8, 4) is 0 Å². The number of carbonyl (C=O) groups is 1. The second-order valence-electron chi connectivity index (χ2n) is 2.88. The van der Waals surface area contributed by atoms with Crippen molar-refractivity contribution in [2.75, 3.05) is 7.11 Å². The monoisotopic (exact) mass is 242 g/mol. The number of hydrogen-bond donors (Lipinski definition) is 1. The molecule has 2 aromatic rings. The van der Waals surface area contributed by atoms with Gasteiger partial charge in [0.2, 0.25) is 0 Å². The van der Waals surface area contributed by atoms with Crippen molar-refractivity contribution in [2.24, 2.45) is 0 Å². The third kappa shape index (κ3) is 1.68. The molecule has 0 radical (unpaired) electrons. The zero-order valence-electron chi connectivity index (χ0n) is 7.77. The standard InChI is InChI=1S/C9H7ClN2O2S/c1-14-9(13)7-8-5(2-3-12(8)15)4-6(10)11-7/h2-4,15H,1H3. The van der Waals surface area contributed by atoms with Gasteiger partial charge < -0.3 is 4.74 Å². The predicted molar refractivity (Wildman–Crippen MR) is 60.5 cm³/mol. The van der Waals surface area contributed by atoms with E-state index in [0.29, 0.717) is 5.52 Å². The van der Waals surface area contributed by atoms with Gasteiger partial charge in [-0.3, -0.25) is 3.97 Å². The molecule has 0 amide bonds. The molecule has 0 bridgehead atoms. The summed E-state index contributed by atoms with van der Waals surface area (Å²) >= 11 is 9.95. The number of thiol groups is 1. The molecule has 2 rings (SSSR count). The van der Waals surface area contributed by atoms with Crippen molar-refractivity contribution in [2.45, 2.75) is 0 Å². The maximum atomic E-state index is 11.4. The molecule has 0 saturated carbocycles. The van der Waals surface area contributed by atoms with Crippen LogP contribution in [-0.2, 0) is 4.74 Å². The second kappa shape index (κ2) is 3.75. The molecule has 2 heterocycles. The molecule has 0 N–H and O–H groups in total. The Kier molecular flexibility index (Phi) is 2.58. The number of rotatable bonds is 1. The first kappa shape index (κ1) is 10.3. The highest BCUT2D eigenvalue weighted by Gasteiger charge is 2.16. The molecule has 0 spiro atoms. The van der Waals surface area contributed by atoms with Crippen molar-refractivity contribution in [3.05, 3.63) is 29.2 Å². The molecule has 0 unspecified atom stereocenters. The number of pyridine rings is 1. The van der Waals surface area contributed by atoms with Crippen molar-refractivity contribution >= 4 is 41.3 Å². The molecule has 0 aliphatic heterocycles. The third-order valence-electron chi connectivity index (χ3n) is 1.99. The van der Waals surface area contributed by atoms with Gasteiger partial charge in [0.25, 0.3) is 0 Å². The van der Waals surface area contributed by atoms with Crippen molar-refractivity contribution < 1.29 is 9.53 Å². The predicted octanol–water partition coefficient (Wildman–Crippen LogP) is 2.17. The lowest BCUT2D eigenvalue weighted by molar-refractivity contribution is 0.0596. The first-order valence-corrected chi connectivity index (χ1v) is 4.86. The van der Waals surface area contributed by atoms with E-state index in [1.165, 1.54) is 11.1 Å². The Morgan fingerprint density at radius 3 is 3.07 bits per heavy atom. The van der Waals surface area contributed by atoms with Crippen molar-refractivity contribution in [1.29, 1.82) is 0 Å². The van der Waals surface area contributed by atoms with Crippen molar-refractivity contribution in [1.82, 2.24) is 8.96 Å². The van der Waals surface area contributed by atoms with E-state index in [2.05, 4.69) is 22.5 Å². The molecule has 4 nitrogen and oxygen atoms in total. The average molecular weight is 243 g/mol. The van der Waals surface area contributed by atoms with Crippen molar-refractivity contribution in [3.63, 3.8) is 0 Å². The fraction of sp³-hybridized carbons (Fsp3) is 0.111. The molecule has 0 atom stereocenters. The molecule has 6 heteroatoms. The maximum absolute atomic E-state index is 11.4. The summed E-state index contributed by atoms with van der Waals surface area (Å²) in [5.41, 5.74) is 0.759. The van der Waals surface area contributed by atoms with Gasteiger partial charge >= 0.3 is 5.97 Å². The van der Waals surface area contributed by atoms with Crippen LogP contribution in [0.4, 0.5) is 0 Å². The summed E-state index contributed by atoms with van der Waals surface area (Å²) in [6.07, 6.45) is 1.71. The lowest BCUT2D eigenvalue weighted by Crippen LogP contribution is -2.06. The van der Waals surface area contributed by atoms with E-state index in [4.69, 9.17) is 11.6 Å². The lowest BCUT2D eigenvalue weighted by atomic mass is 10.2. The number of halogens is 1. The van der Waals surface area contributed by atoms with Gasteiger partial charge in [-0.1, -0.05) is 24.4 Å². The van der Waals surface area contributed by atoms with E-state index in [1.807, 2.05) is 0 Å². The number of hydrogen-bond acceptors (Lipinski definition) is 4. The number of aromatic nitrogens is 2. The van der Waals surface area contributed by atoms with Crippen LogP contribution in [0.2, 0.25) is 5.15 Å². The highest BCUT2D eigenvalue weighted by Crippen LogP contribution is 2.23. The van der Waals surface area contributed by atoms with Gasteiger partial charge in [0.15, 0.2) is 5.69 Å².